The molecule has 1 aromatic heterocycles. The fourth-order valence-electron chi connectivity index (χ4n) is 1.49. The smallest absolute Gasteiger partial charge is 0.248 e. The highest BCUT2D eigenvalue weighted by Crippen LogP contribution is 2.13. The van der Waals surface area contributed by atoms with Crippen LogP contribution in [0.15, 0.2) is 47.4 Å². The van der Waals surface area contributed by atoms with Crippen molar-refractivity contribution in [1.82, 2.24) is 4.98 Å². The normalized spacial score (nSPS) is 11.2. The van der Waals surface area contributed by atoms with E-state index in [1.807, 2.05) is 0 Å². The van der Waals surface area contributed by atoms with Crippen LogP contribution in [0.4, 0.5) is 5.69 Å². The monoisotopic (exact) mass is 298 g/mol. The number of nitrogens with one attached hydrogen (secondary N) is 2. The molecular formula is C12H11ClN2O3S. The van der Waals surface area contributed by atoms with Gasteiger partial charge in [-0.15, -0.1) is 0 Å². The van der Waals surface area contributed by atoms with Crippen LogP contribution in [0.1, 0.15) is 5.56 Å². The molecular weight excluding hydrogens is 288 g/mol. The lowest BCUT2D eigenvalue weighted by atomic mass is 10.2. The molecule has 2 rings (SSSR count). The van der Waals surface area contributed by atoms with Gasteiger partial charge in [0.15, 0.2) is 0 Å². The van der Waals surface area contributed by atoms with Crippen LogP contribution in [-0.2, 0) is 15.8 Å². The summed E-state index contributed by atoms with van der Waals surface area (Å²) in [6, 6.07) is 9.21. The maximum absolute atomic E-state index is 11.9. The molecule has 7 heteroatoms. The van der Waals surface area contributed by atoms with E-state index in [0.717, 1.165) is 0 Å². The summed E-state index contributed by atoms with van der Waals surface area (Å²) in [7, 11) is -3.53. The Morgan fingerprint density at radius 3 is 2.37 bits per heavy atom. The number of benzene rings is 1. The number of H-pyrrole nitrogens is 1. The van der Waals surface area contributed by atoms with Crippen LogP contribution in [0.2, 0.25) is 5.02 Å². The van der Waals surface area contributed by atoms with Crippen molar-refractivity contribution in [2.45, 2.75) is 5.75 Å². The lowest BCUT2D eigenvalue weighted by molar-refractivity contribution is 0.600. The quantitative estimate of drug-likeness (QED) is 0.906. The molecule has 0 saturated heterocycles. The molecule has 2 aromatic rings. The Morgan fingerprint density at radius 1 is 1.11 bits per heavy atom. The number of aromatic nitrogens is 1. The molecule has 0 atom stereocenters. The van der Waals surface area contributed by atoms with Crippen LogP contribution in [0, 0.1) is 0 Å². The van der Waals surface area contributed by atoms with E-state index in [4.69, 9.17) is 11.6 Å². The minimum atomic E-state index is -3.53. The molecule has 100 valence electrons. The molecule has 0 aliphatic rings. The Morgan fingerprint density at radius 2 is 1.79 bits per heavy atom. The van der Waals surface area contributed by atoms with E-state index in [1.54, 1.807) is 24.3 Å². The highest BCUT2D eigenvalue weighted by Gasteiger charge is 2.11. The lowest BCUT2D eigenvalue weighted by Gasteiger charge is -2.07. The number of aromatic amines is 1. The van der Waals surface area contributed by atoms with Gasteiger partial charge in [-0.25, -0.2) is 8.42 Å². The van der Waals surface area contributed by atoms with E-state index in [9.17, 15) is 13.2 Å². The first-order valence-corrected chi connectivity index (χ1v) is 7.41. The Balaban J connectivity index is 2.12. The Kier molecular flexibility index (Phi) is 3.92. The zero-order chi connectivity index (χ0) is 13.9. The van der Waals surface area contributed by atoms with Crippen molar-refractivity contribution in [3.8, 4) is 0 Å². The van der Waals surface area contributed by atoms with E-state index < -0.39 is 10.0 Å². The SMILES string of the molecule is O=c1ccc(NS(=O)(=O)Cc2ccc(Cl)cc2)c[nH]1. The third kappa shape index (κ3) is 4.11. The standard InChI is InChI=1S/C12H11ClN2O3S/c13-10-3-1-9(2-4-10)8-19(17,18)15-11-5-6-12(16)14-7-11/h1-7,15H,8H2,(H,14,16). The van der Waals surface area contributed by atoms with Crippen LogP contribution in [0.3, 0.4) is 0 Å². The van der Waals surface area contributed by atoms with Gasteiger partial charge in [0.25, 0.3) is 0 Å². The first kappa shape index (κ1) is 13.6. The summed E-state index contributed by atoms with van der Waals surface area (Å²) in [6.07, 6.45) is 1.31. The van der Waals surface area contributed by atoms with Gasteiger partial charge < -0.3 is 4.98 Å². The van der Waals surface area contributed by atoms with Gasteiger partial charge in [0, 0.05) is 17.3 Å². The van der Waals surface area contributed by atoms with Crippen LogP contribution in [0.25, 0.3) is 0 Å². The zero-order valence-corrected chi connectivity index (χ0v) is 11.3. The number of pyridine rings is 1. The summed E-state index contributed by atoms with van der Waals surface area (Å²) in [5.74, 6) is -0.163. The Bertz CT molecular complexity index is 703. The lowest BCUT2D eigenvalue weighted by Crippen LogP contribution is -2.16. The second kappa shape index (κ2) is 5.46. The van der Waals surface area contributed by atoms with Crippen molar-refractivity contribution < 1.29 is 8.42 Å². The van der Waals surface area contributed by atoms with Gasteiger partial charge in [0.1, 0.15) is 0 Å². The number of sulfonamides is 1. The summed E-state index contributed by atoms with van der Waals surface area (Å²) in [5.41, 5.74) is 0.649. The van der Waals surface area contributed by atoms with E-state index in [1.165, 1.54) is 18.3 Å². The minimum absolute atomic E-state index is 0.163. The van der Waals surface area contributed by atoms with Crippen LogP contribution in [0.5, 0.6) is 0 Å². The summed E-state index contributed by atoms with van der Waals surface area (Å²) < 4.78 is 26.2. The third-order valence-electron chi connectivity index (χ3n) is 2.33. The molecule has 0 spiro atoms. The fraction of sp³-hybridized carbons (Fsp3) is 0.0833. The number of halogens is 1. The molecule has 5 nitrogen and oxygen atoms in total. The van der Waals surface area contributed by atoms with Gasteiger partial charge in [-0.3, -0.25) is 9.52 Å². The largest absolute Gasteiger partial charge is 0.327 e. The van der Waals surface area contributed by atoms with Gasteiger partial charge in [-0.05, 0) is 23.8 Å². The average Bonchev–Trinajstić information content (AvgIpc) is 2.34. The van der Waals surface area contributed by atoms with Crippen molar-refractivity contribution in [2.75, 3.05) is 4.72 Å². The second-order valence-electron chi connectivity index (χ2n) is 3.93. The van der Waals surface area contributed by atoms with E-state index in [2.05, 4.69) is 9.71 Å². The first-order chi connectivity index (χ1) is 8.94. The van der Waals surface area contributed by atoms with Crippen LogP contribution >= 0.6 is 11.6 Å². The van der Waals surface area contributed by atoms with Gasteiger partial charge in [-0.1, -0.05) is 23.7 Å². The molecule has 1 aromatic carbocycles. The molecule has 0 radical (unpaired) electrons. The first-order valence-electron chi connectivity index (χ1n) is 5.38. The molecule has 0 saturated carbocycles. The maximum Gasteiger partial charge on any atom is 0.248 e. The summed E-state index contributed by atoms with van der Waals surface area (Å²) in [6.45, 7) is 0. The molecule has 1 heterocycles. The van der Waals surface area contributed by atoms with E-state index in [0.29, 0.717) is 16.3 Å². The molecule has 0 fully saturated rings. The predicted octanol–water partition coefficient (Wildman–Crippen LogP) is 1.97. The molecule has 0 aliphatic carbocycles. The number of anilines is 1. The molecule has 0 unspecified atom stereocenters. The second-order valence-corrected chi connectivity index (χ2v) is 6.09. The fourth-order valence-corrected chi connectivity index (χ4v) is 2.81. The van der Waals surface area contributed by atoms with Crippen molar-refractivity contribution in [1.29, 1.82) is 0 Å². The van der Waals surface area contributed by atoms with Crippen molar-refractivity contribution >= 4 is 27.3 Å². The predicted molar refractivity (Wildman–Crippen MR) is 74.8 cm³/mol. The average molecular weight is 299 g/mol. The molecule has 19 heavy (non-hydrogen) atoms. The maximum atomic E-state index is 11.9. The van der Waals surface area contributed by atoms with Crippen LogP contribution < -0.4 is 10.3 Å². The molecule has 0 bridgehead atoms. The highest BCUT2D eigenvalue weighted by atomic mass is 35.5. The molecule has 0 amide bonds. The van der Waals surface area contributed by atoms with Crippen molar-refractivity contribution in [3.63, 3.8) is 0 Å². The van der Waals surface area contributed by atoms with Gasteiger partial charge in [0.05, 0.1) is 11.4 Å². The summed E-state index contributed by atoms with van der Waals surface area (Å²) >= 11 is 5.73. The highest BCUT2D eigenvalue weighted by molar-refractivity contribution is 7.91. The zero-order valence-electron chi connectivity index (χ0n) is 9.76. The summed E-state index contributed by atoms with van der Waals surface area (Å²) in [4.78, 5) is 13.3. The van der Waals surface area contributed by atoms with Gasteiger partial charge >= 0.3 is 0 Å². The van der Waals surface area contributed by atoms with Crippen molar-refractivity contribution in [3.05, 3.63) is 63.5 Å². The van der Waals surface area contributed by atoms with Crippen molar-refractivity contribution in [2.24, 2.45) is 0 Å². The Labute approximate surface area is 115 Å². The van der Waals surface area contributed by atoms with Crippen LogP contribution in [-0.4, -0.2) is 13.4 Å². The van der Waals surface area contributed by atoms with Gasteiger partial charge in [-0.2, -0.15) is 0 Å². The van der Waals surface area contributed by atoms with E-state index in [-0.39, 0.29) is 11.3 Å². The molecule has 2 N–H and O–H groups in total. The van der Waals surface area contributed by atoms with E-state index >= 15 is 0 Å². The topological polar surface area (TPSA) is 79.0 Å². The number of hydrogen-bond donors (Lipinski definition) is 2. The summed E-state index contributed by atoms with van der Waals surface area (Å²) in [5, 5.41) is 0.551. The van der Waals surface area contributed by atoms with Gasteiger partial charge in [0.2, 0.25) is 15.6 Å². The molecule has 0 aliphatic heterocycles. The number of hydrogen-bond acceptors (Lipinski definition) is 3. The Hall–Kier alpha value is -1.79. The third-order valence-corrected chi connectivity index (χ3v) is 3.84. The minimum Gasteiger partial charge on any atom is -0.327 e. The number of rotatable bonds is 4.